The van der Waals surface area contributed by atoms with E-state index < -0.39 is 28.5 Å². The molecule has 0 radical (unpaired) electrons. The fraction of sp³-hybridized carbons (Fsp3) is 0.355. The minimum Gasteiger partial charge on any atom is -0.354 e. The first-order valence-electron chi connectivity index (χ1n) is 13.5. The van der Waals surface area contributed by atoms with Gasteiger partial charge in [0, 0.05) is 18.1 Å². The van der Waals surface area contributed by atoms with Crippen LogP contribution in [0.4, 0.5) is 5.69 Å². The average Bonchev–Trinajstić information content (AvgIpc) is 2.94. The Morgan fingerprint density at radius 3 is 2.20 bits per heavy atom. The summed E-state index contributed by atoms with van der Waals surface area (Å²) in [6.45, 7) is 7.92. The van der Waals surface area contributed by atoms with Gasteiger partial charge in [-0.1, -0.05) is 68.3 Å². The van der Waals surface area contributed by atoms with Gasteiger partial charge in [0.2, 0.25) is 11.8 Å². The third kappa shape index (κ3) is 7.86. The monoisotopic (exact) mass is 583 g/mol. The van der Waals surface area contributed by atoms with Crippen molar-refractivity contribution in [2.24, 2.45) is 0 Å². The molecule has 1 unspecified atom stereocenters. The number of halogens is 1. The Kier molecular flexibility index (Phi) is 11.2. The minimum atomic E-state index is -4.15. The lowest BCUT2D eigenvalue weighted by Crippen LogP contribution is -2.52. The Morgan fingerprint density at radius 2 is 1.60 bits per heavy atom. The Bertz CT molecular complexity index is 1400. The zero-order valence-corrected chi connectivity index (χ0v) is 25.1. The maximum atomic E-state index is 14.1. The molecule has 0 aliphatic heterocycles. The molecule has 2 amide bonds. The van der Waals surface area contributed by atoms with E-state index in [1.165, 1.54) is 29.2 Å². The number of nitrogens with one attached hydrogen (secondary N) is 1. The number of nitrogens with zero attached hydrogens (tertiary/aromatic N) is 2. The molecule has 9 heteroatoms. The van der Waals surface area contributed by atoms with E-state index in [4.69, 9.17) is 11.6 Å². The van der Waals surface area contributed by atoms with Gasteiger partial charge in [-0.3, -0.25) is 13.9 Å². The number of sulfonamides is 1. The van der Waals surface area contributed by atoms with E-state index in [0.717, 1.165) is 33.8 Å². The standard InChI is InChI=1S/C31H38ClN3O4S/c1-5-7-19-33-31(37)29(6-2)34(21-25-11-9-8-10-12-25)30(36)22-35(27-16-13-23(3)24(4)20-27)40(38,39)28-17-14-26(32)15-18-28/h8-18,20,29H,5-7,19,21-22H2,1-4H3,(H,33,37). The highest BCUT2D eigenvalue weighted by atomic mass is 35.5. The largest absolute Gasteiger partial charge is 0.354 e. The van der Waals surface area contributed by atoms with Crippen molar-refractivity contribution in [3.63, 3.8) is 0 Å². The van der Waals surface area contributed by atoms with Gasteiger partial charge in [-0.25, -0.2) is 8.42 Å². The van der Waals surface area contributed by atoms with Crippen LogP contribution in [0.2, 0.25) is 5.02 Å². The highest BCUT2D eigenvalue weighted by molar-refractivity contribution is 7.92. The van der Waals surface area contributed by atoms with E-state index in [1.807, 2.05) is 64.1 Å². The summed E-state index contributed by atoms with van der Waals surface area (Å²) in [5, 5.41) is 3.34. The molecule has 0 spiro atoms. The number of unbranched alkanes of at least 4 members (excludes halogenated alkanes) is 1. The molecule has 40 heavy (non-hydrogen) atoms. The molecule has 0 bridgehead atoms. The molecule has 0 saturated carbocycles. The van der Waals surface area contributed by atoms with E-state index in [2.05, 4.69) is 5.32 Å². The molecule has 0 fully saturated rings. The summed E-state index contributed by atoms with van der Waals surface area (Å²) in [5.41, 5.74) is 3.10. The maximum Gasteiger partial charge on any atom is 0.264 e. The van der Waals surface area contributed by atoms with Crippen LogP contribution in [0.15, 0.2) is 77.7 Å². The average molecular weight is 584 g/mol. The number of benzene rings is 3. The zero-order valence-electron chi connectivity index (χ0n) is 23.6. The summed E-state index contributed by atoms with van der Waals surface area (Å²) in [6, 6.07) is 19.8. The Hall–Kier alpha value is -3.36. The van der Waals surface area contributed by atoms with Crippen LogP contribution in [-0.2, 0) is 26.2 Å². The van der Waals surface area contributed by atoms with Gasteiger partial charge in [-0.2, -0.15) is 0 Å². The second-order valence-corrected chi connectivity index (χ2v) is 12.1. The van der Waals surface area contributed by atoms with E-state index >= 15 is 0 Å². The number of hydrogen-bond donors (Lipinski definition) is 1. The van der Waals surface area contributed by atoms with Gasteiger partial charge in [-0.05, 0) is 79.8 Å². The first-order valence-corrected chi connectivity index (χ1v) is 15.4. The Balaban J connectivity index is 2.04. The van der Waals surface area contributed by atoms with Gasteiger partial charge < -0.3 is 10.2 Å². The molecule has 3 aromatic rings. The lowest BCUT2D eigenvalue weighted by Gasteiger charge is -2.33. The molecule has 3 aromatic carbocycles. The molecule has 0 aromatic heterocycles. The van der Waals surface area contributed by atoms with Crippen LogP contribution < -0.4 is 9.62 Å². The van der Waals surface area contributed by atoms with E-state index in [-0.39, 0.29) is 17.3 Å². The van der Waals surface area contributed by atoms with E-state index in [0.29, 0.717) is 23.7 Å². The summed E-state index contributed by atoms with van der Waals surface area (Å²) in [4.78, 5) is 28.8. The van der Waals surface area contributed by atoms with Crippen molar-refractivity contribution in [1.82, 2.24) is 10.2 Å². The second kappa shape index (κ2) is 14.3. The van der Waals surface area contributed by atoms with Crippen molar-refractivity contribution in [2.45, 2.75) is 64.4 Å². The number of hydrogen-bond acceptors (Lipinski definition) is 4. The molecule has 3 rings (SSSR count). The third-order valence-corrected chi connectivity index (χ3v) is 8.91. The van der Waals surface area contributed by atoms with Gasteiger partial charge in [0.15, 0.2) is 0 Å². The number of aryl methyl sites for hydroxylation is 2. The summed E-state index contributed by atoms with van der Waals surface area (Å²) in [5.74, 6) is -0.726. The molecule has 1 N–H and O–H groups in total. The molecule has 214 valence electrons. The van der Waals surface area contributed by atoms with Crippen LogP contribution in [0.25, 0.3) is 0 Å². The first-order chi connectivity index (χ1) is 19.1. The summed E-state index contributed by atoms with van der Waals surface area (Å²) < 4.78 is 29.0. The van der Waals surface area contributed by atoms with E-state index in [1.54, 1.807) is 12.1 Å². The molecular formula is C31H38ClN3O4S. The lowest BCUT2D eigenvalue weighted by molar-refractivity contribution is -0.140. The summed E-state index contributed by atoms with van der Waals surface area (Å²) in [6.07, 6.45) is 2.13. The fourth-order valence-electron chi connectivity index (χ4n) is 4.35. The molecular weight excluding hydrogens is 546 g/mol. The molecule has 1 atom stereocenters. The predicted octanol–water partition coefficient (Wildman–Crippen LogP) is 5.88. The van der Waals surface area contributed by atoms with Crippen LogP contribution in [0.3, 0.4) is 0 Å². The van der Waals surface area contributed by atoms with Crippen LogP contribution in [0.5, 0.6) is 0 Å². The van der Waals surface area contributed by atoms with Crippen molar-refractivity contribution in [2.75, 3.05) is 17.4 Å². The molecule has 0 heterocycles. The fourth-order valence-corrected chi connectivity index (χ4v) is 5.88. The minimum absolute atomic E-state index is 0.0156. The van der Waals surface area contributed by atoms with Crippen molar-refractivity contribution in [3.8, 4) is 0 Å². The van der Waals surface area contributed by atoms with Gasteiger partial charge >= 0.3 is 0 Å². The van der Waals surface area contributed by atoms with Crippen LogP contribution >= 0.6 is 11.6 Å². The van der Waals surface area contributed by atoms with Gasteiger partial charge in [0.25, 0.3) is 10.0 Å². The molecule has 0 aliphatic carbocycles. The maximum absolute atomic E-state index is 14.1. The van der Waals surface area contributed by atoms with Crippen LogP contribution in [-0.4, -0.2) is 44.3 Å². The van der Waals surface area contributed by atoms with Gasteiger partial charge in [-0.15, -0.1) is 0 Å². The van der Waals surface area contributed by atoms with E-state index in [9.17, 15) is 18.0 Å². The number of carbonyl (C=O) groups excluding carboxylic acids is 2. The highest BCUT2D eigenvalue weighted by Gasteiger charge is 2.33. The smallest absolute Gasteiger partial charge is 0.264 e. The van der Waals surface area contributed by atoms with Gasteiger partial charge in [0.1, 0.15) is 12.6 Å². The third-order valence-electron chi connectivity index (χ3n) is 6.87. The second-order valence-electron chi connectivity index (χ2n) is 9.81. The predicted molar refractivity (Wildman–Crippen MR) is 161 cm³/mol. The normalized spacial score (nSPS) is 12.0. The SMILES string of the molecule is CCCCNC(=O)C(CC)N(Cc1ccccc1)C(=O)CN(c1ccc(C)c(C)c1)S(=O)(=O)c1ccc(Cl)cc1. The quantitative estimate of drug-likeness (QED) is 0.255. The van der Waals surface area contributed by atoms with Crippen molar-refractivity contribution >= 4 is 39.1 Å². The number of anilines is 1. The topological polar surface area (TPSA) is 86.8 Å². The highest BCUT2D eigenvalue weighted by Crippen LogP contribution is 2.27. The number of carbonyl (C=O) groups is 2. The number of amides is 2. The summed E-state index contributed by atoms with van der Waals surface area (Å²) in [7, 11) is -4.15. The molecule has 7 nitrogen and oxygen atoms in total. The number of rotatable bonds is 13. The first kappa shape index (κ1) is 31.2. The lowest BCUT2D eigenvalue weighted by atomic mass is 10.1. The van der Waals surface area contributed by atoms with Crippen molar-refractivity contribution < 1.29 is 18.0 Å². The Morgan fingerprint density at radius 1 is 0.925 bits per heavy atom. The van der Waals surface area contributed by atoms with Gasteiger partial charge in [0.05, 0.1) is 10.6 Å². The molecule has 0 saturated heterocycles. The van der Waals surface area contributed by atoms with Crippen molar-refractivity contribution in [3.05, 3.63) is 94.5 Å². The van der Waals surface area contributed by atoms with Crippen LogP contribution in [0, 0.1) is 13.8 Å². The zero-order chi connectivity index (χ0) is 29.3. The Labute approximate surface area is 243 Å². The van der Waals surface area contributed by atoms with Crippen LogP contribution in [0.1, 0.15) is 49.8 Å². The van der Waals surface area contributed by atoms with Crippen molar-refractivity contribution in [1.29, 1.82) is 0 Å². The summed E-state index contributed by atoms with van der Waals surface area (Å²) >= 11 is 6.02. The molecule has 0 aliphatic rings.